The zero-order chi connectivity index (χ0) is 19.4. The molecule has 0 unspecified atom stereocenters. The fourth-order valence-corrected chi connectivity index (χ4v) is 2.82. The molecule has 2 aromatic carbocycles. The molecule has 2 N–H and O–H groups in total. The maximum atomic E-state index is 13.1. The smallest absolute Gasteiger partial charge is 0.269 e. The van der Waals surface area contributed by atoms with E-state index in [0.717, 1.165) is 6.07 Å². The van der Waals surface area contributed by atoms with E-state index in [1.165, 1.54) is 23.1 Å². The lowest BCUT2D eigenvalue weighted by molar-refractivity contribution is -0.126. The van der Waals surface area contributed by atoms with Crippen LogP contribution in [0, 0.1) is 11.7 Å². The second-order valence-corrected chi connectivity index (χ2v) is 6.06. The number of amides is 3. The van der Waals surface area contributed by atoms with Crippen LogP contribution in [0.2, 0.25) is 0 Å². The Morgan fingerprint density at radius 1 is 1.15 bits per heavy atom. The van der Waals surface area contributed by atoms with E-state index in [4.69, 9.17) is 4.74 Å². The Labute approximate surface area is 155 Å². The van der Waals surface area contributed by atoms with Gasteiger partial charge in [-0.05, 0) is 42.5 Å². The molecule has 1 heterocycles. The zero-order valence-corrected chi connectivity index (χ0v) is 14.6. The van der Waals surface area contributed by atoms with Crippen LogP contribution in [0.25, 0.3) is 0 Å². The minimum atomic E-state index is -0.640. The van der Waals surface area contributed by atoms with E-state index in [1.807, 2.05) is 0 Å². The molecular formula is C19H18FN3O4. The number of hydrogen-bond donors (Lipinski definition) is 2. The van der Waals surface area contributed by atoms with Crippen LogP contribution >= 0.6 is 0 Å². The lowest BCUT2D eigenvalue weighted by atomic mass is 10.1. The highest BCUT2D eigenvalue weighted by Gasteiger charge is 2.35. The van der Waals surface area contributed by atoms with Gasteiger partial charge in [0.1, 0.15) is 11.6 Å². The minimum Gasteiger partial charge on any atom is -0.497 e. The van der Waals surface area contributed by atoms with E-state index in [0.29, 0.717) is 11.4 Å². The topological polar surface area (TPSA) is 87.7 Å². The van der Waals surface area contributed by atoms with Gasteiger partial charge in [0.2, 0.25) is 11.8 Å². The average molecular weight is 371 g/mol. The van der Waals surface area contributed by atoms with Gasteiger partial charge in [-0.2, -0.15) is 0 Å². The average Bonchev–Trinajstić information content (AvgIpc) is 3.07. The maximum Gasteiger partial charge on any atom is 0.269 e. The molecule has 0 spiro atoms. The van der Waals surface area contributed by atoms with Crippen molar-refractivity contribution in [2.45, 2.75) is 6.42 Å². The summed E-state index contributed by atoms with van der Waals surface area (Å²) in [4.78, 5) is 38.0. The first-order chi connectivity index (χ1) is 13.0. The number of halogens is 1. The first-order valence-corrected chi connectivity index (χ1v) is 8.28. The van der Waals surface area contributed by atoms with Crippen LogP contribution in [0.1, 0.15) is 16.8 Å². The number of carbonyl (C=O) groups is 3. The van der Waals surface area contributed by atoms with Crippen molar-refractivity contribution in [1.29, 1.82) is 0 Å². The fourth-order valence-electron chi connectivity index (χ4n) is 2.82. The molecule has 0 saturated carbocycles. The predicted molar refractivity (Wildman–Crippen MR) is 95.5 cm³/mol. The van der Waals surface area contributed by atoms with Crippen molar-refractivity contribution >= 4 is 23.4 Å². The van der Waals surface area contributed by atoms with Crippen molar-refractivity contribution in [2.75, 3.05) is 18.6 Å². The lowest BCUT2D eigenvalue weighted by Gasteiger charge is -2.17. The number of nitrogens with one attached hydrogen (secondary N) is 2. The molecule has 1 aliphatic heterocycles. The standard InChI is InChI=1S/C19H18FN3O4/c1-27-16-7-5-15(6-8-16)23-11-13(10-17(23)24)19(26)22-21-18(25)12-3-2-4-14(20)9-12/h2-9,13H,10-11H2,1H3,(H,21,25)(H,22,26)/t13-/m0/s1. The maximum absolute atomic E-state index is 13.1. The molecule has 3 rings (SSSR count). The molecule has 1 aliphatic rings. The molecule has 1 fully saturated rings. The number of rotatable bonds is 4. The number of methoxy groups -OCH3 is 1. The number of nitrogens with zero attached hydrogens (tertiary/aromatic N) is 1. The van der Waals surface area contributed by atoms with Gasteiger partial charge in [0.05, 0.1) is 13.0 Å². The summed E-state index contributed by atoms with van der Waals surface area (Å²) in [6.07, 6.45) is 0.0354. The third-order valence-electron chi connectivity index (χ3n) is 4.27. The highest BCUT2D eigenvalue weighted by atomic mass is 19.1. The largest absolute Gasteiger partial charge is 0.497 e. The predicted octanol–water partition coefficient (Wildman–Crippen LogP) is 1.65. The quantitative estimate of drug-likeness (QED) is 0.800. The van der Waals surface area contributed by atoms with Crippen LogP contribution in [0.5, 0.6) is 5.75 Å². The Hall–Kier alpha value is -3.42. The van der Waals surface area contributed by atoms with Crippen LogP contribution in [-0.4, -0.2) is 31.4 Å². The summed E-state index contributed by atoms with van der Waals surface area (Å²) in [7, 11) is 1.55. The van der Waals surface area contributed by atoms with E-state index in [-0.39, 0.29) is 24.4 Å². The second-order valence-electron chi connectivity index (χ2n) is 6.06. The van der Waals surface area contributed by atoms with E-state index >= 15 is 0 Å². The summed E-state index contributed by atoms with van der Waals surface area (Å²) in [5.74, 6) is -1.79. The number of benzene rings is 2. The molecule has 2 aromatic rings. The van der Waals surface area contributed by atoms with Crippen molar-refractivity contribution < 1.29 is 23.5 Å². The van der Waals surface area contributed by atoms with Gasteiger partial charge >= 0.3 is 0 Å². The van der Waals surface area contributed by atoms with E-state index in [9.17, 15) is 18.8 Å². The van der Waals surface area contributed by atoms with Crippen molar-refractivity contribution in [3.63, 3.8) is 0 Å². The number of hydrogen-bond acceptors (Lipinski definition) is 4. The number of ether oxygens (including phenoxy) is 1. The molecule has 27 heavy (non-hydrogen) atoms. The molecule has 3 amide bonds. The summed E-state index contributed by atoms with van der Waals surface area (Å²) >= 11 is 0. The van der Waals surface area contributed by atoms with E-state index < -0.39 is 23.5 Å². The van der Waals surface area contributed by atoms with Crippen molar-refractivity contribution in [3.8, 4) is 5.75 Å². The highest BCUT2D eigenvalue weighted by molar-refractivity contribution is 6.01. The third kappa shape index (κ3) is 4.22. The van der Waals surface area contributed by atoms with Gasteiger partial charge in [-0.25, -0.2) is 4.39 Å². The zero-order valence-electron chi connectivity index (χ0n) is 14.6. The van der Waals surface area contributed by atoms with Gasteiger partial charge in [0.15, 0.2) is 0 Å². The molecule has 7 nitrogen and oxygen atoms in total. The first-order valence-electron chi connectivity index (χ1n) is 8.28. The molecule has 1 atom stereocenters. The summed E-state index contributed by atoms with van der Waals surface area (Å²) in [5, 5.41) is 0. The Kier molecular flexibility index (Phi) is 5.35. The van der Waals surface area contributed by atoms with Crippen LogP contribution in [0.15, 0.2) is 48.5 Å². The first kappa shape index (κ1) is 18.4. The number of anilines is 1. The SMILES string of the molecule is COc1ccc(N2C[C@@H](C(=O)NNC(=O)c3cccc(F)c3)CC2=O)cc1. The molecule has 1 saturated heterocycles. The second kappa shape index (κ2) is 7.86. The summed E-state index contributed by atoms with van der Waals surface area (Å²) in [5.41, 5.74) is 5.28. The Balaban J connectivity index is 1.57. The third-order valence-corrected chi connectivity index (χ3v) is 4.27. The number of hydrazine groups is 1. The minimum absolute atomic E-state index is 0.0354. The molecule has 0 radical (unpaired) electrons. The molecule has 140 valence electrons. The Morgan fingerprint density at radius 3 is 2.56 bits per heavy atom. The normalized spacial score (nSPS) is 16.1. The van der Waals surface area contributed by atoms with E-state index in [1.54, 1.807) is 31.4 Å². The van der Waals surface area contributed by atoms with Gasteiger partial charge < -0.3 is 9.64 Å². The van der Waals surface area contributed by atoms with Crippen LogP contribution in [-0.2, 0) is 9.59 Å². The van der Waals surface area contributed by atoms with Crippen molar-refractivity contribution in [2.24, 2.45) is 5.92 Å². The lowest BCUT2D eigenvalue weighted by Crippen LogP contribution is -2.45. The van der Waals surface area contributed by atoms with Gasteiger partial charge in [0, 0.05) is 24.2 Å². The highest BCUT2D eigenvalue weighted by Crippen LogP contribution is 2.26. The fraction of sp³-hybridized carbons (Fsp3) is 0.211. The van der Waals surface area contributed by atoms with Crippen molar-refractivity contribution in [3.05, 3.63) is 59.9 Å². The molecule has 0 aliphatic carbocycles. The molecular weight excluding hydrogens is 353 g/mol. The van der Waals surface area contributed by atoms with Gasteiger partial charge in [-0.15, -0.1) is 0 Å². The summed E-state index contributed by atoms with van der Waals surface area (Å²) in [6.45, 7) is 0.201. The summed E-state index contributed by atoms with van der Waals surface area (Å²) in [6, 6.07) is 12.0. The van der Waals surface area contributed by atoms with Crippen LogP contribution < -0.4 is 20.5 Å². The van der Waals surface area contributed by atoms with Gasteiger partial charge in [-0.1, -0.05) is 6.07 Å². The Bertz CT molecular complexity index is 870. The van der Waals surface area contributed by atoms with Gasteiger partial charge in [-0.3, -0.25) is 25.2 Å². The van der Waals surface area contributed by atoms with Crippen LogP contribution in [0.4, 0.5) is 10.1 Å². The van der Waals surface area contributed by atoms with Crippen LogP contribution in [0.3, 0.4) is 0 Å². The van der Waals surface area contributed by atoms with Crippen molar-refractivity contribution in [1.82, 2.24) is 10.9 Å². The molecule has 0 aromatic heterocycles. The van der Waals surface area contributed by atoms with E-state index in [2.05, 4.69) is 10.9 Å². The summed E-state index contributed by atoms with van der Waals surface area (Å²) < 4.78 is 18.2. The van der Waals surface area contributed by atoms with Gasteiger partial charge in [0.25, 0.3) is 5.91 Å². The molecule has 0 bridgehead atoms. The molecule has 8 heteroatoms. The number of carbonyl (C=O) groups excluding carboxylic acids is 3. The Morgan fingerprint density at radius 2 is 1.89 bits per heavy atom. The monoisotopic (exact) mass is 371 g/mol.